The molecule has 1 aliphatic rings. The Labute approximate surface area is 114 Å². The summed E-state index contributed by atoms with van der Waals surface area (Å²) in [6.45, 7) is 2.00. The van der Waals surface area contributed by atoms with Crippen molar-refractivity contribution in [1.29, 1.82) is 0 Å². The van der Waals surface area contributed by atoms with E-state index in [4.69, 9.17) is 0 Å². The zero-order chi connectivity index (χ0) is 13.7. The lowest BCUT2D eigenvalue weighted by Crippen LogP contribution is -2.44. The van der Waals surface area contributed by atoms with E-state index in [1.165, 1.54) is 4.31 Å². The van der Waals surface area contributed by atoms with Crippen LogP contribution in [-0.4, -0.2) is 44.4 Å². The fourth-order valence-corrected chi connectivity index (χ4v) is 3.67. The van der Waals surface area contributed by atoms with Gasteiger partial charge in [-0.15, -0.1) is 0 Å². The number of hydrogen-bond donors (Lipinski definition) is 2. The molecule has 1 aromatic rings. The Hall–Kier alpha value is -1.18. The molecule has 0 radical (unpaired) electrons. The minimum Gasteiger partial charge on any atom is -0.319 e. The fraction of sp³-hybridized carbons (Fsp3) is 0.583. The van der Waals surface area contributed by atoms with Crippen LogP contribution in [0.3, 0.4) is 0 Å². The number of aromatic nitrogens is 1. The third-order valence-electron chi connectivity index (χ3n) is 3.24. The predicted octanol–water partition coefficient (Wildman–Crippen LogP) is 0.670. The molecule has 2 N–H and O–H groups in total. The van der Waals surface area contributed by atoms with Crippen LogP contribution in [0.5, 0.6) is 0 Å². The topological polar surface area (TPSA) is 74.3 Å². The molecule has 2 rings (SSSR count). The van der Waals surface area contributed by atoms with Gasteiger partial charge in [-0.1, -0.05) is 0 Å². The molecule has 1 unspecified atom stereocenters. The Morgan fingerprint density at radius 1 is 1.42 bits per heavy atom. The maximum atomic E-state index is 12.3. The monoisotopic (exact) mass is 284 g/mol. The van der Waals surface area contributed by atoms with Gasteiger partial charge in [0.15, 0.2) is 0 Å². The first kappa shape index (κ1) is 14.2. The van der Waals surface area contributed by atoms with Gasteiger partial charge in [0, 0.05) is 25.5 Å². The molecule has 1 aromatic heterocycles. The molecule has 106 valence electrons. The second-order valence-electron chi connectivity index (χ2n) is 4.77. The minimum absolute atomic E-state index is 0.382. The summed E-state index contributed by atoms with van der Waals surface area (Å²) in [5.41, 5.74) is 0.547. The van der Waals surface area contributed by atoms with E-state index in [0.717, 1.165) is 19.4 Å². The van der Waals surface area contributed by atoms with Gasteiger partial charge in [0.1, 0.15) is 0 Å². The average Bonchev–Trinajstić information content (AvgIpc) is 2.40. The second kappa shape index (κ2) is 6.31. The molecule has 0 spiro atoms. The lowest BCUT2D eigenvalue weighted by molar-refractivity contribution is 0.264. The van der Waals surface area contributed by atoms with Crippen molar-refractivity contribution in [2.24, 2.45) is 5.92 Å². The summed E-state index contributed by atoms with van der Waals surface area (Å²) in [7, 11) is -1.57. The van der Waals surface area contributed by atoms with E-state index in [1.54, 1.807) is 24.5 Å². The molecular weight excluding hydrogens is 264 g/mol. The van der Waals surface area contributed by atoms with Crippen molar-refractivity contribution in [2.75, 3.05) is 31.4 Å². The zero-order valence-corrected chi connectivity index (χ0v) is 11.9. The van der Waals surface area contributed by atoms with E-state index in [9.17, 15) is 8.42 Å². The Bertz CT molecular complexity index is 490. The Morgan fingerprint density at radius 2 is 2.16 bits per heavy atom. The zero-order valence-electron chi connectivity index (χ0n) is 11.0. The molecule has 19 heavy (non-hydrogen) atoms. The summed E-state index contributed by atoms with van der Waals surface area (Å²) in [6.07, 6.45) is 5.11. The largest absolute Gasteiger partial charge is 0.319 e. The second-order valence-corrected chi connectivity index (χ2v) is 6.44. The highest BCUT2D eigenvalue weighted by Gasteiger charge is 2.28. The number of rotatable bonds is 5. The van der Waals surface area contributed by atoms with Crippen molar-refractivity contribution in [2.45, 2.75) is 12.8 Å². The van der Waals surface area contributed by atoms with Gasteiger partial charge in [-0.25, -0.2) is 0 Å². The lowest BCUT2D eigenvalue weighted by atomic mass is 10.00. The van der Waals surface area contributed by atoms with Crippen LogP contribution in [0.4, 0.5) is 5.69 Å². The number of hydrogen-bond acceptors (Lipinski definition) is 4. The standard InChI is InChI=1S/C12H20N4O2S/c1-13-9-11-3-2-8-16(10-11)19(17,18)15-12-4-6-14-7-5-12/h4-7,11,13H,2-3,8-10H2,1H3,(H,14,15). The molecular formula is C12H20N4O2S. The van der Waals surface area contributed by atoms with Gasteiger partial charge in [0.25, 0.3) is 0 Å². The molecule has 2 heterocycles. The maximum Gasteiger partial charge on any atom is 0.301 e. The number of pyridine rings is 1. The summed E-state index contributed by atoms with van der Waals surface area (Å²) >= 11 is 0. The highest BCUT2D eigenvalue weighted by molar-refractivity contribution is 7.90. The highest BCUT2D eigenvalue weighted by Crippen LogP contribution is 2.20. The van der Waals surface area contributed by atoms with Gasteiger partial charge < -0.3 is 5.32 Å². The molecule has 1 atom stereocenters. The molecule has 0 bridgehead atoms. The van der Waals surface area contributed by atoms with Gasteiger partial charge in [-0.3, -0.25) is 9.71 Å². The van der Waals surface area contributed by atoms with Crippen LogP contribution in [0.2, 0.25) is 0 Å². The van der Waals surface area contributed by atoms with Gasteiger partial charge in [0.2, 0.25) is 0 Å². The van der Waals surface area contributed by atoms with Crippen LogP contribution < -0.4 is 10.0 Å². The van der Waals surface area contributed by atoms with Crippen molar-refractivity contribution >= 4 is 15.9 Å². The number of piperidine rings is 1. The molecule has 0 aliphatic carbocycles. The van der Waals surface area contributed by atoms with E-state index >= 15 is 0 Å². The summed E-state index contributed by atoms with van der Waals surface area (Å²) in [5, 5.41) is 3.11. The number of nitrogens with one attached hydrogen (secondary N) is 2. The van der Waals surface area contributed by atoms with Crippen LogP contribution in [0.25, 0.3) is 0 Å². The van der Waals surface area contributed by atoms with Crippen molar-refractivity contribution in [3.05, 3.63) is 24.5 Å². The van der Waals surface area contributed by atoms with E-state index < -0.39 is 10.2 Å². The number of anilines is 1. The smallest absolute Gasteiger partial charge is 0.301 e. The first-order valence-corrected chi connectivity index (χ1v) is 7.88. The molecule has 0 aromatic carbocycles. The highest BCUT2D eigenvalue weighted by atomic mass is 32.2. The van der Waals surface area contributed by atoms with Gasteiger partial charge in [-0.05, 0) is 44.5 Å². The van der Waals surface area contributed by atoms with Crippen LogP contribution in [0, 0.1) is 5.92 Å². The van der Waals surface area contributed by atoms with E-state index in [1.807, 2.05) is 7.05 Å². The van der Waals surface area contributed by atoms with Gasteiger partial charge in [-0.2, -0.15) is 12.7 Å². The lowest BCUT2D eigenvalue weighted by Gasteiger charge is -2.31. The Morgan fingerprint density at radius 3 is 2.84 bits per heavy atom. The van der Waals surface area contributed by atoms with Crippen LogP contribution in [-0.2, 0) is 10.2 Å². The number of nitrogens with zero attached hydrogens (tertiary/aromatic N) is 2. The van der Waals surface area contributed by atoms with Crippen molar-refractivity contribution in [3.63, 3.8) is 0 Å². The predicted molar refractivity (Wildman–Crippen MR) is 75.0 cm³/mol. The third kappa shape index (κ3) is 3.89. The van der Waals surface area contributed by atoms with Crippen molar-refractivity contribution in [3.8, 4) is 0 Å². The van der Waals surface area contributed by atoms with Gasteiger partial charge >= 0.3 is 10.2 Å². The SMILES string of the molecule is CNCC1CCCN(S(=O)(=O)Nc2ccncc2)C1. The summed E-state index contributed by atoms with van der Waals surface area (Å²) in [6, 6.07) is 3.29. The minimum atomic E-state index is -3.46. The summed E-state index contributed by atoms with van der Waals surface area (Å²) in [5.74, 6) is 0.382. The van der Waals surface area contributed by atoms with E-state index in [0.29, 0.717) is 24.7 Å². The molecule has 0 amide bonds. The summed E-state index contributed by atoms with van der Waals surface area (Å²) in [4.78, 5) is 3.87. The first-order valence-electron chi connectivity index (χ1n) is 6.44. The average molecular weight is 284 g/mol. The maximum absolute atomic E-state index is 12.3. The normalized spacial score (nSPS) is 21.2. The van der Waals surface area contributed by atoms with E-state index in [2.05, 4.69) is 15.0 Å². The quantitative estimate of drug-likeness (QED) is 0.833. The molecule has 7 heteroatoms. The first-order chi connectivity index (χ1) is 9.12. The third-order valence-corrected chi connectivity index (χ3v) is 4.75. The summed E-state index contributed by atoms with van der Waals surface area (Å²) < 4.78 is 28.7. The molecule has 1 aliphatic heterocycles. The Kier molecular flexibility index (Phi) is 4.73. The molecule has 6 nitrogen and oxygen atoms in total. The molecule has 1 fully saturated rings. The van der Waals surface area contributed by atoms with Crippen LogP contribution in [0.1, 0.15) is 12.8 Å². The van der Waals surface area contributed by atoms with E-state index in [-0.39, 0.29) is 0 Å². The van der Waals surface area contributed by atoms with Crippen LogP contribution in [0.15, 0.2) is 24.5 Å². The Balaban J connectivity index is 2.03. The van der Waals surface area contributed by atoms with Gasteiger partial charge in [0.05, 0.1) is 5.69 Å². The fourth-order valence-electron chi connectivity index (χ4n) is 2.33. The van der Waals surface area contributed by atoms with Crippen molar-refractivity contribution < 1.29 is 8.42 Å². The molecule has 1 saturated heterocycles. The van der Waals surface area contributed by atoms with Crippen LogP contribution >= 0.6 is 0 Å². The van der Waals surface area contributed by atoms with Crippen molar-refractivity contribution in [1.82, 2.24) is 14.6 Å². The molecule has 0 saturated carbocycles.